The van der Waals surface area contributed by atoms with Gasteiger partial charge in [0, 0.05) is 33.6 Å². The zero-order valence-electron chi connectivity index (χ0n) is 15.7. The van der Waals surface area contributed by atoms with Gasteiger partial charge in [-0.2, -0.15) is 0 Å². The fourth-order valence-electron chi connectivity index (χ4n) is 4.55. The van der Waals surface area contributed by atoms with Crippen molar-refractivity contribution in [3.8, 4) is 0 Å². The van der Waals surface area contributed by atoms with Crippen LogP contribution in [0.25, 0.3) is 0 Å². The average Bonchev–Trinajstić information content (AvgIpc) is 2.95. The molecular formula is C18H27NO7. The average molecular weight is 369 g/mol. The molecule has 1 saturated heterocycles. The summed E-state index contributed by atoms with van der Waals surface area (Å²) in [6, 6.07) is 0. The number of ether oxygens (including phenoxy) is 4. The van der Waals surface area contributed by atoms with Gasteiger partial charge in [0.25, 0.3) is 0 Å². The highest BCUT2D eigenvalue weighted by molar-refractivity contribution is 5.75. The Morgan fingerprint density at radius 3 is 1.73 bits per heavy atom. The maximum atomic E-state index is 11.8. The molecule has 0 aromatic rings. The van der Waals surface area contributed by atoms with Crippen LogP contribution < -0.4 is 5.32 Å². The second kappa shape index (κ2) is 6.81. The van der Waals surface area contributed by atoms with Crippen molar-refractivity contribution >= 4 is 17.8 Å². The number of fused-ring (bicyclic) bond motifs is 1. The van der Waals surface area contributed by atoms with E-state index in [1.807, 2.05) is 0 Å². The summed E-state index contributed by atoms with van der Waals surface area (Å²) < 4.78 is 23.6. The van der Waals surface area contributed by atoms with Crippen molar-refractivity contribution < 1.29 is 33.3 Å². The van der Waals surface area contributed by atoms with E-state index in [-0.39, 0.29) is 5.91 Å². The molecule has 1 amide bonds. The highest BCUT2D eigenvalue weighted by atomic mass is 16.8. The van der Waals surface area contributed by atoms with Crippen LogP contribution in [0.1, 0.15) is 59.8 Å². The van der Waals surface area contributed by atoms with Crippen molar-refractivity contribution in [2.24, 2.45) is 0 Å². The lowest BCUT2D eigenvalue weighted by Gasteiger charge is -2.40. The lowest BCUT2D eigenvalue weighted by atomic mass is 9.92. The molecule has 0 bridgehead atoms. The Hall–Kier alpha value is -1.67. The van der Waals surface area contributed by atoms with Gasteiger partial charge < -0.3 is 24.3 Å². The molecule has 1 spiro atoms. The zero-order valence-corrected chi connectivity index (χ0v) is 15.7. The summed E-state index contributed by atoms with van der Waals surface area (Å²) in [7, 11) is 0. The third-order valence-electron chi connectivity index (χ3n) is 5.45. The SMILES string of the molecule is CC(=O)NC1(C)[C@H](OC(C)=O)[C@@H]2OC3(CCCCC3)O[C@@H]2[C@@H]1OC(C)=O. The fourth-order valence-corrected chi connectivity index (χ4v) is 4.55. The first-order valence-corrected chi connectivity index (χ1v) is 9.16. The number of esters is 2. The zero-order chi connectivity index (χ0) is 19.1. The van der Waals surface area contributed by atoms with E-state index in [1.54, 1.807) is 6.92 Å². The molecule has 1 aliphatic heterocycles. The molecule has 3 aliphatic rings. The van der Waals surface area contributed by atoms with Crippen LogP contribution in [0.15, 0.2) is 0 Å². The lowest BCUT2D eigenvalue weighted by Crippen LogP contribution is -2.62. The number of rotatable bonds is 3. The van der Waals surface area contributed by atoms with Gasteiger partial charge in [-0.15, -0.1) is 0 Å². The molecule has 2 aliphatic carbocycles. The Morgan fingerprint density at radius 2 is 1.35 bits per heavy atom. The number of hydrogen-bond acceptors (Lipinski definition) is 7. The maximum absolute atomic E-state index is 11.8. The highest BCUT2D eigenvalue weighted by Gasteiger charge is 2.69. The molecule has 5 atom stereocenters. The first-order chi connectivity index (χ1) is 12.2. The third kappa shape index (κ3) is 3.32. The molecule has 3 fully saturated rings. The van der Waals surface area contributed by atoms with E-state index in [0.29, 0.717) is 0 Å². The van der Waals surface area contributed by atoms with E-state index < -0.39 is 47.7 Å². The molecule has 8 heteroatoms. The largest absolute Gasteiger partial charge is 0.457 e. The van der Waals surface area contributed by atoms with Gasteiger partial charge in [-0.05, 0) is 19.8 Å². The normalized spacial score (nSPS) is 37.8. The number of carbonyl (C=O) groups is 3. The molecule has 1 unspecified atom stereocenters. The molecule has 0 aromatic carbocycles. The maximum Gasteiger partial charge on any atom is 0.303 e. The van der Waals surface area contributed by atoms with E-state index in [2.05, 4.69) is 5.32 Å². The predicted molar refractivity (Wildman–Crippen MR) is 88.9 cm³/mol. The van der Waals surface area contributed by atoms with Gasteiger partial charge in [0.2, 0.25) is 5.91 Å². The van der Waals surface area contributed by atoms with Gasteiger partial charge in [0.1, 0.15) is 17.7 Å². The van der Waals surface area contributed by atoms with Crippen LogP contribution in [0.5, 0.6) is 0 Å². The summed E-state index contributed by atoms with van der Waals surface area (Å²) in [5.41, 5.74) is -1.14. The predicted octanol–water partition coefficient (Wildman–Crippen LogP) is 1.20. The van der Waals surface area contributed by atoms with Crippen molar-refractivity contribution in [1.29, 1.82) is 0 Å². The fraction of sp³-hybridized carbons (Fsp3) is 0.833. The second-order valence-electron chi connectivity index (χ2n) is 7.66. The highest BCUT2D eigenvalue weighted by Crippen LogP contribution is 2.50. The summed E-state index contributed by atoms with van der Waals surface area (Å²) >= 11 is 0. The monoisotopic (exact) mass is 369 g/mol. The molecular weight excluding hydrogens is 342 g/mol. The summed E-state index contributed by atoms with van der Waals surface area (Å²) in [6.45, 7) is 5.65. The minimum atomic E-state index is -1.14. The summed E-state index contributed by atoms with van der Waals surface area (Å²) in [4.78, 5) is 35.2. The Bertz CT molecular complexity index is 564. The summed E-state index contributed by atoms with van der Waals surface area (Å²) in [6.07, 6.45) is 1.72. The van der Waals surface area contributed by atoms with E-state index in [4.69, 9.17) is 18.9 Å². The third-order valence-corrected chi connectivity index (χ3v) is 5.45. The van der Waals surface area contributed by atoms with Crippen molar-refractivity contribution in [2.45, 2.75) is 95.5 Å². The first kappa shape index (κ1) is 19.1. The van der Waals surface area contributed by atoms with Crippen molar-refractivity contribution in [3.63, 3.8) is 0 Å². The van der Waals surface area contributed by atoms with Crippen molar-refractivity contribution in [2.75, 3.05) is 0 Å². The second-order valence-corrected chi connectivity index (χ2v) is 7.66. The van der Waals surface area contributed by atoms with Crippen LogP contribution in [0.4, 0.5) is 0 Å². The molecule has 26 heavy (non-hydrogen) atoms. The van der Waals surface area contributed by atoms with E-state index in [9.17, 15) is 14.4 Å². The molecule has 0 aromatic heterocycles. The van der Waals surface area contributed by atoms with Gasteiger partial charge in [-0.3, -0.25) is 14.4 Å². The molecule has 146 valence electrons. The van der Waals surface area contributed by atoms with Crippen LogP contribution in [0.3, 0.4) is 0 Å². The quantitative estimate of drug-likeness (QED) is 0.746. The van der Waals surface area contributed by atoms with Gasteiger partial charge in [-0.1, -0.05) is 6.42 Å². The number of hydrogen-bond donors (Lipinski definition) is 1. The first-order valence-electron chi connectivity index (χ1n) is 9.16. The molecule has 1 heterocycles. The number of nitrogens with one attached hydrogen (secondary N) is 1. The Labute approximate surface area is 152 Å². The van der Waals surface area contributed by atoms with Gasteiger partial charge in [0.15, 0.2) is 18.0 Å². The number of carbonyl (C=O) groups excluding carboxylic acids is 3. The number of amides is 1. The smallest absolute Gasteiger partial charge is 0.303 e. The Balaban J connectivity index is 1.96. The Morgan fingerprint density at radius 1 is 0.885 bits per heavy atom. The Kier molecular flexibility index (Phi) is 5.00. The molecule has 8 nitrogen and oxygen atoms in total. The minimum absolute atomic E-state index is 0.325. The molecule has 1 N–H and O–H groups in total. The lowest BCUT2D eigenvalue weighted by molar-refractivity contribution is -0.228. The van der Waals surface area contributed by atoms with Crippen molar-refractivity contribution in [1.82, 2.24) is 5.32 Å². The van der Waals surface area contributed by atoms with Crippen molar-refractivity contribution in [3.05, 3.63) is 0 Å². The van der Waals surface area contributed by atoms with Crippen LogP contribution in [-0.2, 0) is 33.3 Å². The van der Waals surface area contributed by atoms with Gasteiger partial charge >= 0.3 is 11.9 Å². The summed E-state index contributed by atoms with van der Waals surface area (Å²) in [5, 5.41) is 2.80. The van der Waals surface area contributed by atoms with Crippen LogP contribution in [0, 0.1) is 0 Å². The standard InChI is InChI=1S/C18H27NO7/c1-10(20)19-17(4)15(23-11(2)21)13-14(16(17)24-12(3)22)26-18(25-13)8-6-5-7-9-18/h13-16H,5-9H2,1-4H3,(H,19,20)/t13-,14+,15-,16+,17?. The van der Waals surface area contributed by atoms with E-state index in [1.165, 1.54) is 20.8 Å². The van der Waals surface area contributed by atoms with Crippen LogP contribution >= 0.6 is 0 Å². The minimum Gasteiger partial charge on any atom is -0.457 e. The molecule has 3 rings (SSSR count). The van der Waals surface area contributed by atoms with E-state index >= 15 is 0 Å². The van der Waals surface area contributed by atoms with Gasteiger partial charge in [0.05, 0.1) is 0 Å². The van der Waals surface area contributed by atoms with Crippen LogP contribution in [0.2, 0.25) is 0 Å². The molecule has 2 saturated carbocycles. The summed E-state index contributed by atoms with van der Waals surface area (Å²) in [5.74, 6) is -2.06. The van der Waals surface area contributed by atoms with E-state index in [0.717, 1.165) is 32.1 Å². The molecule has 0 radical (unpaired) electrons. The van der Waals surface area contributed by atoms with Crippen LogP contribution in [-0.4, -0.2) is 53.6 Å². The topological polar surface area (TPSA) is 100 Å². The van der Waals surface area contributed by atoms with Gasteiger partial charge in [-0.25, -0.2) is 0 Å².